The average Bonchev–Trinajstić information content (AvgIpc) is 3.02. The molecular weight excluding hydrogens is 317 g/mol. The highest BCUT2D eigenvalue weighted by Crippen LogP contribution is 2.24. The average molecular weight is 334 g/mol. The fourth-order valence-electron chi connectivity index (χ4n) is 2.34. The predicted octanol–water partition coefficient (Wildman–Crippen LogP) is 2.34. The van der Waals surface area contributed by atoms with Crippen molar-refractivity contribution in [1.82, 2.24) is 10.2 Å². The van der Waals surface area contributed by atoms with Crippen molar-refractivity contribution in [2.45, 2.75) is 32.5 Å². The first-order valence-electron chi connectivity index (χ1n) is 6.98. The zero-order valence-electron chi connectivity index (χ0n) is 12.1. The summed E-state index contributed by atoms with van der Waals surface area (Å²) in [6.07, 6.45) is -3.68. The minimum absolute atomic E-state index is 0.160. The molecule has 2 rings (SSSR count). The second-order valence-corrected chi connectivity index (χ2v) is 6.48. The van der Waals surface area contributed by atoms with Crippen LogP contribution < -0.4 is 5.32 Å². The summed E-state index contributed by atoms with van der Waals surface area (Å²) in [5.41, 5.74) is 0. The number of thiophene rings is 1. The Morgan fingerprint density at radius 1 is 1.41 bits per heavy atom. The molecule has 2 amide bonds. The molecule has 1 atom stereocenters. The van der Waals surface area contributed by atoms with Gasteiger partial charge in [0.25, 0.3) is 0 Å². The molecule has 2 heterocycles. The number of alkyl halides is 3. The maximum Gasteiger partial charge on any atom is 0.406 e. The Morgan fingerprint density at radius 2 is 2.09 bits per heavy atom. The quantitative estimate of drug-likeness (QED) is 0.898. The maximum absolute atomic E-state index is 12.3. The van der Waals surface area contributed by atoms with Crippen LogP contribution in [0.25, 0.3) is 0 Å². The van der Waals surface area contributed by atoms with E-state index in [9.17, 15) is 22.8 Å². The molecule has 1 aromatic heterocycles. The molecule has 1 saturated heterocycles. The van der Waals surface area contributed by atoms with Gasteiger partial charge < -0.3 is 10.2 Å². The van der Waals surface area contributed by atoms with Crippen molar-refractivity contribution >= 4 is 23.2 Å². The fraction of sp³-hybridized carbons (Fsp3) is 0.571. The molecule has 8 heteroatoms. The van der Waals surface area contributed by atoms with Gasteiger partial charge in [0.05, 0.1) is 12.5 Å². The number of amides is 2. The van der Waals surface area contributed by atoms with Crippen molar-refractivity contribution in [3.05, 3.63) is 21.9 Å². The third kappa shape index (κ3) is 4.46. The van der Waals surface area contributed by atoms with Crippen LogP contribution in [-0.4, -0.2) is 36.0 Å². The van der Waals surface area contributed by atoms with E-state index in [4.69, 9.17) is 0 Å². The van der Waals surface area contributed by atoms with Crippen LogP contribution in [0.2, 0.25) is 0 Å². The van der Waals surface area contributed by atoms with E-state index in [1.54, 1.807) is 11.3 Å². The molecule has 0 aliphatic carbocycles. The lowest BCUT2D eigenvalue weighted by Crippen LogP contribution is -2.37. The lowest BCUT2D eigenvalue weighted by atomic mass is 10.1. The number of nitrogens with zero attached hydrogens (tertiary/aromatic N) is 1. The first kappa shape index (κ1) is 16.8. The second kappa shape index (κ2) is 6.68. The minimum Gasteiger partial charge on any atom is -0.351 e. The third-order valence-corrected chi connectivity index (χ3v) is 4.69. The monoisotopic (exact) mass is 334 g/mol. The van der Waals surface area contributed by atoms with Gasteiger partial charge in [-0.1, -0.05) is 6.92 Å². The summed E-state index contributed by atoms with van der Waals surface area (Å²) in [7, 11) is 0. The number of likely N-dealkylation sites (tertiary alicyclic amines) is 1. The molecule has 0 bridgehead atoms. The molecule has 0 spiro atoms. The Hall–Kier alpha value is -1.57. The Labute approximate surface area is 130 Å². The molecular formula is C14H17F3N2O2S. The topological polar surface area (TPSA) is 49.4 Å². The highest BCUT2D eigenvalue weighted by molar-refractivity contribution is 7.11. The fourth-order valence-corrected chi connectivity index (χ4v) is 3.24. The van der Waals surface area contributed by atoms with Gasteiger partial charge in [0.15, 0.2) is 0 Å². The summed E-state index contributed by atoms with van der Waals surface area (Å²) in [4.78, 5) is 26.4. The van der Waals surface area contributed by atoms with Gasteiger partial charge >= 0.3 is 6.18 Å². The summed E-state index contributed by atoms with van der Waals surface area (Å²) >= 11 is 1.59. The summed E-state index contributed by atoms with van der Waals surface area (Å²) in [6.45, 7) is 0.913. The molecule has 0 aromatic carbocycles. The van der Waals surface area contributed by atoms with Gasteiger partial charge in [-0.2, -0.15) is 13.2 Å². The SMILES string of the molecule is CCc1ccc(CNC(=O)[C@H]2CC(=O)N(CC(F)(F)F)C2)s1. The maximum atomic E-state index is 12.3. The largest absolute Gasteiger partial charge is 0.406 e. The van der Waals surface area contributed by atoms with Crippen LogP contribution >= 0.6 is 11.3 Å². The van der Waals surface area contributed by atoms with E-state index in [0.717, 1.165) is 11.3 Å². The Balaban J connectivity index is 1.84. The van der Waals surface area contributed by atoms with Crippen molar-refractivity contribution in [3.63, 3.8) is 0 Å². The van der Waals surface area contributed by atoms with Gasteiger partial charge in [-0.25, -0.2) is 0 Å². The summed E-state index contributed by atoms with van der Waals surface area (Å²) in [5, 5.41) is 2.69. The summed E-state index contributed by atoms with van der Waals surface area (Å²) in [6, 6.07) is 3.90. The number of hydrogen-bond acceptors (Lipinski definition) is 3. The first-order chi connectivity index (χ1) is 10.3. The molecule has 1 aliphatic heterocycles. The van der Waals surface area contributed by atoms with Crippen LogP contribution in [-0.2, 0) is 22.6 Å². The van der Waals surface area contributed by atoms with Crippen molar-refractivity contribution in [1.29, 1.82) is 0 Å². The number of nitrogens with one attached hydrogen (secondary N) is 1. The molecule has 1 aromatic rings. The summed E-state index contributed by atoms with van der Waals surface area (Å²) in [5.74, 6) is -1.70. The Bertz CT molecular complexity index is 557. The zero-order valence-corrected chi connectivity index (χ0v) is 12.9. The standard InChI is InChI=1S/C14H17F3N2O2S/c1-2-10-3-4-11(22-10)6-18-13(21)9-5-12(20)19(7-9)8-14(15,16)17/h3-4,9H,2,5-8H2,1H3,(H,18,21)/t9-/m0/s1. The number of halogens is 3. The summed E-state index contributed by atoms with van der Waals surface area (Å²) < 4.78 is 37.0. The van der Waals surface area contributed by atoms with Gasteiger partial charge in [-0.05, 0) is 18.6 Å². The highest BCUT2D eigenvalue weighted by Gasteiger charge is 2.40. The van der Waals surface area contributed by atoms with E-state index in [1.807, 2.05) is 19.1 Å². The van der Waals surface area contributed by atoms with Crippen LogP contribution in [0.5, 0.6) is 0 Å². The second-order valence-electron chi connectivity index (χ2n) is 5.23. The molecule has 0 radical (unpaired) electrons. The molecule has 0 unspecified atom stereocenters. The molecule has 22 heavy (non-hydrogen) atoms. The van der Waals surface area contributed by atoms with Crippen LogP contribution in [0, 0.1) is 5.92 Å². The van der Waals surface area contributed by atoms with Crippen molar-refractivity contribution in [2.24, 2.45) is 5.92 Å². The van der Waals surface area contributed by atoms with Crippen molar-refractivity contribution in [3.8, 4) is 0 Å². The number of rotatable bonds is 5. The Kier molecular flexibility index (Phi) is 5.10. The van der Waals surface area contributed by atoms with Crippen LogP contribution in [0.3, 0.4) is 0 Å². The van der Waals surface area contributed by atoms with Crippen LogP contribution in [0.1, 0.15) is 23.1 Å². The number of carbonyl (C=O) groups is 2. The lowest BCUT2D eigenvalue weighted by molar-refractivity contribution is -0.157. The van der Waals surface area contributed by atoms with E-state index in [1.165, 1.54) is 4.88 Å². The smallest absolute Gasteiger partial charge is 0.351 e. The Morgan fingerprint density at radius 3 is 2.68 bits per heavy atom. The van der Waals surface area contributed by atoms with E-state index in [-0.39, 0.29) is 18.9 Å². The van der Waals surface area contributed by atoms with Crippen LogP contribution in [0.4, 0.5) is 13.2 Å². The molecule has 1 fully saturated rings. The van der Waals surface area contributed by atoms with Gasteiger partial charge in [0.1, 0.15) is 6.54 Å². The number of carbonyl (C=O) groups excluding carboxylic acids is 2. The van der Waals surface area contributed by atoms with E-state index in [0.29, 0.717) is 11.4 Å². The van der Waals surface area contributed by atoms with Crippen molar-refractivity contribution < 1.29 is 22.8 Å². The molecule has 1 aliphatic rings. The normalized spacial score (nSPS) is 18.8. The number of hydrogen-bond donors (Lipinski definition) is 1. The lowest BCUT2D eigenvalue weighted by Gasteiger charge is -2.18. The molecule has 122 valence electrons. The van der Waals surface area contributed by atoms with E-state index >= 15 is 0 Å². The van der Waals surface area contributed by atoms with Gasteiger partial charge in [-0.3, -0.25) is 9.59 Å². The van der Waals surface area contributed by atoms with Crippen LogP contribution in [0.15, 0.2) is 12.1 Å². The number of aryl methyl sites for hydroxylation is 1. The first-order valence-corrected chi connectivity index (χ1v) is 7.80. The van der Waals surface area contributed by atoms with Gasteiger partial charge in [0.2, 0.25) is 11.8 Å². The van der Waals surface area contributed by atoms with Crippen molar-refractivity contribution in [2.75, 3.05) is 13.1 Å². The van der Waals surface area contributed by atoms with Gasteiger partial charge in [-0.15, -0.1) is 11.3 Å². The zero-order chi connectivity index (χ0) is 16.3. The highest BCUT2D eigenvalue weighted by atomic mass is 32.1. The third-order valence-electron chi connectivity index (χ3n) is 3.46. The molecule has 4 nitrogen and oxygen atoms in total. The minimum atomic E-state index is -4.44. The predicted molar refractivity (Wildman–Crippen MR) is 76.3 cm³/mol. The molecule has 1 N–H and O–H groups in total. The molecule has 0 saturated carbocycles. The van der Waals surface area contributed by atoms with E-state index < -0.39 is 24.5 Å². The van der Waals surface area contributed by atoms with E-state index in [2.05, 4.69) is 5.32 Å². The van der Waals surface area contributed by atoms with Gasteiger partial charge in [0, 0.05) is 22.7 Å².